The predicted molar refractivity (Wildman–Crippen MR) is 104 cm³/mol. The Hall–Kier alpha value is -3.36. The van der Waals surface area contributed by atoms with Crippen LogP contribution < -0.4 is 5.32 Å². The van der Waals surface area contributed by atoms with Crippen LogP contribution in [0.15, 0.2) is 60.7 Å². The highest BCUT2D eigenvalue weighted by Gasteiger charge is 2.26. The van der Waals surface area contributed by atoms with E-state index >= 15 is 0 Å². The molecule has 1 amide bonds. The summed E-state index contributed by atoms with van der Waals surface area (Å²) in [7, 11) is 1.20. The van der Waals surface area contributed by atoms with Crippen molar-refractivity contribution in [2.45, 2.75) is 19.1 Å². The molecule has 0 aliphatic carbocycles. The summed E-state index contributed by atoms with van der Waals surface area (Å²) in [6.07, 6.45) is 2.61. The Bertz CT molecular complexity index is 859. The zero-order valence-electron chi connectivity index (χ0n) is 15.2. The summed E-state index contributed by atoms with van der Waals surface area (Å²) in [6, 6.07) is 15.4. The molecule has 0 aliphatic heterocycles. The molecule has 2 aromatic rings. The molecule has 0 radical (unpaired) electrons. The first-order valence-electron chi connectivity index (χ1n) is 8.41. The van der Waals surface area contributed by atoms with E-state index in [0.717, 1.165) is 11.1 Å². The van der Waals surface area contributed by atoms with Gasteiger partial charge in [-0.2, -0.15) is 0 Å². The van der Waals surface area contributed by atoms with Gasteiger partial charge in [0.2, 0.25) is 0 Å². The van der Waals surface area contributed by atoms with Gasteiger partial charge in [-0.15, -0.1) is 0 Å². The van der Waals surface area contributed by atoms with E-state index in [-0.39, 0.29) is 0 Å². The number of carbonyl (C=O) groups is 2. The van der Waals surface area contributed by atoms with Crippen LogP contribution in [0.5, 0.6) is 0 Å². The van der Waals surface area contributed by atoms with Crippen LogP contribution in [0, 0.1) is 11.8 Å². The fraction of sp³-hybridized carbons (Fsp3) is 0.182. The molecule has 0 fully saturated rings. The van der Waals surface area contributed by atoms with Crippen LogP contribution in [-0.4, -0.2) is 36.2 Å². The molecule has 2 rings (SSSR count). The lowest BCUT2D eigenvalue weighted by Crippen LogP contribution is -2.48. The van der Waals surface area contributed by atoms with Crippen LogP contribution in [0.3, 0.4) is 0 Å². The van der Waals surface area contributed by atoms with Crippen molar-refractivity contribution in [1.29, 1.82) is 0 Å². The maximum atomic E-state index is 12.2. The molecule has 0 spiro atoms. The first kappa shape index (κ1) is 20.0. The van der Waals surface area contributed by atoms with Crippen molar-refractivity contribution >= 4 is 18.0 Å². The summed E-state index contributed by atoms with van der Waals surface area (Å²) in [6.45, 7) is 1.41. The van der Waals surface area contributed by atoms with Gasteiger partial charge >= 0.3 is 5.97 Å². The summed E-state index contributed by atoms with van der Waals surface area (Å²) in [5.74, 6) is 4.75. The number of esters is 1. The fourth-order valence-corrected chi connectivity index (χ4v) is 2.26. The number of hydrogen-bond donors (Lipinski definition) is 2. The van der Waals surface area contributed by atoms with Crippen molar-refractivity contribution in [3.05, 3.63) is 77.4 Å². The number of benzene rings is 2. The van der Waals surface area contributed by atoms with Crippen molar-refractivity contribution in [1.82, 2.24) is 5.32 Å². The van der Waals surface area contributed by atoms with Gasteiger partial charge in [0, 0.05) is 11.1 Å². The van der Waals surface area contributed by atoms with Crippen LogP contribution in [0.25, 0.3) is 6.08 Å². The lowest BCUT2D eigenvalue weighted by Gasteiger charge is -2.18. The van der Waals surface area contributed by atoms with Crippen molar-refractivity contribution in [2.24, 2.45) is 0 Å². The molecule has 0 aromatic heterocycles. The van der Waals surface area contributed by atoms with Crippen LogP contribution in [-0.2, 0) is 9.53 Å². The summed E-state index contributed by atoms with van der Waals surface area (Å²) < 4.78 is 4.58. The maximum Gasteiger partial charge on any atom is 0.331 e. The molecule has 0 bridgehead atoms. The highest BCUT2D eigenvalue weighted by Crippen LogP contribution is 2.06. The summed E-state index contributed by atoms with van der Waals surface area (Å²) in [4.78, 5) is 23.8. The number of carbonyl (C=O) groups excluding carboxylic acids is 2. The standard InChI is InChI=1S/C22H21NO4/c1-16(24)20(22(26)27-2)23-21(25)19-14-12-18(13-15-19)11-7-6-10-17-8-4-3-5-9-17/h3-6,8-10,12-16,20,24H,1-2H3,(H,23,25)/b10-6+/t16-,20+/m1/s1. The van der Waals surface area contributed by atoms with Crippen LogP contribution >= 0.6 is 0 Å². The second kappa shape index (κ2) is 9.95. The van der Waals surface area contributed by atoms with E-state index in [1.165, 1.54) is 14.0 Å². The second-order valence-corrected chi connectivity index (χ2v) is 5.81. The quantitative estimate of drug-likeness (QED) is 0.632. The van der Waals surface area contributed by atoms with E-state index in [0.29, 0.717) is 5.56 Å². The number of allylic oxidation sites excluding steroid dienone is 1. The lowest BCUT2D eigenvalue weighted by atomic mass is 10.1. The Morgan fingerprint density at radius 3 is 2.37 bits per heavy atom. The largest absolute Gasteiger partial charge is 0.467 e. The topological polar surface area (TPSA) is 75.6 Å². The molecule has 0 saturated carbocycles. The molecule has 2 atom stereocenters. The van der Waals surface area contributed by atoms with E-state index < -0.39 is 24.0 Å². The highest BCUT2D eigenvalue weighted by atomic mass is 16.5. The first-order chi connectivity index (χ1) is 13.0. The van der Waals surface area contributed by atoms with Crippen LogP contribution in [0.4, 0.5) is 0 Å². The van der Waals surface area contributed by atoms with Crippen LogP contribution in [0.2, 0.25) is 0 Å². The van der Waals surface area contributed by atoms with Gasteiger partial charge in [-0.05, 0) is 48.9 Å². The molecule has 0 heterocycles. The van der Waals surface area contributed by atoms with E-state index in [9.17, 15) is 14.7 Å². The lowest BCUT2D eigenvalue weighted by molar-refractivity contribution is -0.145. The van der Waals surface area contributed by atoms with E-state index in [1.54, 1.807) is 30.3 Å². The molecule has 2 N–H and O–H groups in total. The number of ether oxygens (including phenoxy) is 1. The molecule has 138 valence electrons. The second-order valence-electron chi connectivity index (χ2n) is 5.81. The minimum Gasteiger partial charge on any atom is -0.467 e. The van der Waals surface area contributed by atoms with Crippen molar-refractivity contribution < 1.29 is 19.4 Å². The predicted octanol–water partition coefficient (Wildman–Crippen LogP) is 2.40. The zero-order chi connectivity index (χ0) is 19.6. The Morgan fingerprint density at radius 2 is 1.78 bits per heavy atom. The van der Waals surface area contributed by atoms with Gasteiger partial charge in [-0.1, -0.05) is 42.2 Å². The summed E-state index contributed by atoms with van der Waals surface area (Å²) in [5.41, 5.74) is 2.18. The minimum absolute atomic E-state index is 0.356. The average molecular weight is 363 g/mol. The van der Waals surface area contributed by atoms with E-state index in [1.807, 2.05) is 36.4 Å². The number of amides is 1. The van der Waals surface area contributed by atoms with Crippen molar-refractivity contribution in [3.63, 3.8) is 0 Å². The van der Waals surface area contributed by atoms with Gasteiger partial charge in [0.25, 0.3) is 5.91 Å². The molecule has 2 aromatic carbocycles. The number of aliphatic hydroxyl groups is 1. The van der Waals surface area contributed by atoms with Gasteiger partial charge in [-0.25, -0.2) is 4.79 Å². The Balaban J connectivity index is 2.00. The van der Waals surface area contributed by atoms with Gasteiger partial charge in [-0.3, -0.25) is 4.79 Å². The molecule has 27 heavy (non-hydrogen) atoms. The maximum absolute atomic E-state index is 12.2. The monoisotopic (exact) mass is 363 g/mol. The number of hydrogen-bond acceptors (Lipinski definition) is 4. The third-order valence-corrected chi connectivity index (χ3v) is 3.75. The molecule has 0 saturated heterocycles. The minimum atomic E-state index is -1.12. The number of rotatable bonds is 5. The van der Waals surface area contributed by atoms with Gasteiger partial charge in [0.15, 0.2) is 6.04 Å². The van der Waals surface area contributed by atoms with E-state index in [2.05, 4.69) is 21.9 Å². The highest BCUT2D eigenvalue weighted by molar-refractivity contribution is 5.97. The molecule has 5 nitrogen and oxygen atoms in total. The molecule has 0 aliphatic rings. The molecular weight excluding hydrogens is 342 g/mol. The van der Waals surface area contributed by atoms with Crippen molar-refractivity contribution in [2.75, 3.05) is 7.11 Å². The number of aliphatic hydroxyl groups excluding tert-OH is 1. The van der Waals surface area contributed by atoms with Gasteiger partial charge < -0.3 is 15.2 Å². The Morgan fingerprint density at radius 1 is 1.11 bits per heavy atom. The summed E-state index contributed by atoms with van der Waals surface area (Å²) >= 11 is 0. The third kappa shape index (κ3) is 6.14. The van der Waals surface area contributed by atoms with Crippen molar-refractivity contribution in [3.8, 4) is 11.8 Å². The molecule has 5 heteroatoms. The smallest absolute Gasteiger partial charge is 0.331 e. The van der Waals surface area contributed by atoms with Crippen LogP contribution in [0.1, 0.15) is 28.4 Å². The number of methoxy groups -OCH3 is 1. The van der Waals surface area contributed by atoms with E-state index in [4.69, 9.17) is 0 Å². The third-order valence-electron chi connectivity index (χ3n) is 3.75. The Labute approximate surface area is 158 Å². The number of nitrogens with one attached hydrogen (secondary N) is 1. The Kier molecular flexibility index (Phi) is 7.36. The normalized spacial score (nSPS) is 12.6. The average Bonchev–Trinajstić information content (AvgIpc) is 2.69. The van der Waals surface area contributed by atoms with Gasteiger partial charge in [0.1, 0.15) is 0 Å². The zero-order valence-corrected chi connectivity index (χ0v) is 15.2. The first-order valence-corrected chi connectivity index (χ1v) is 8.41. The molecular formula is C22H21NO4. The molecule has 0 unspecified atom stereocenters. The summed E-state index contributed by atoms with van der Waals surface area (Å²) in [5, 5.41) is 12.1. The van der Waals surface area contributed by atoms with Gasteiger partial charge in [0.05, 0.1) is 13.2 Å². The SMILES string of the molecule is COC(=O)[C@@H](NC(=O)c1ccc(C#C/C=C/c2ccccc2)cc1)[C@@H](C)O. The fourth-order valence-electron chi connectivity index (χ4n) is 2.26.